The third-order valence-electron chi connectivity index (χ3n) is 3.35. The van der Waals surface area contributed by atoms with Crippen molar-refractivity contribution >= 4 is 17.8 Å². The van der Waals surface area contributed by atoms with Crippen LogP contribution in [-0.2, 0) is 9.59 Å². The van der Waals surface area contributed by atoms with Crippen molar-refractivity contribution in [2.24, 2.45) is 0 Å². The first-order valence-corrected chi connectivity index (χ1v) is 7.50. The molecule has 0 bridgehead atoms. The molecule has 0 atom stereocenters. The van der Waals surface area contributed by atoms with Crippen LogP contribution in [0.25, 0.3) is 0 Å². The van der Waals surface area contributed by atoms with Gasteiger partial charge in [0.25, 0.3) is 0 Å². The Hall–Kier alpha value is -1.59. The first-order chi connectivity index (χ1) is 9.65. The summed E-state index contributed by atoms with van der Waals surface area (Å²) >= 11 is 0. The Bertz CT molecular complexity index is 329. The van der Waals surface area contributed by atoms with Gasteiger partial charge in [-0.2, -0.15) is 0 Å². The maximum atomic E-state index is 11.6. The number of unbranched alkanes of at least 4 members (excludes halogenated alkanes) is 5. The second kappa shape index (κ2) is 9.34. The van der Waals surface area contributed by atoms with Crippen LogP contribution in [0.5, 0.6) is 0 Å². The van der Waals surface area contributed by atoms with Crippen molar-refractivity contribution in [1.82, 2.24) is 15.5 Å². The predicted molar refractivity (Wildman–Crippen MR) is 76.1 cm³/mol. The fourth-order valence-electron chi connectivity index (χ4n) is 2.14. The van der Waals surface area contributed by atoms with Crippen LogP contribution in [0.4, 0.5) is 4.79 Å². The molecule has 0 spiro atoms. The number of hydrogen-bond acceptors (Lipinski definition) is 3. The number of carbonyl (C=O) groups is 3. The van der Waals surface area contributed by atoms with Crippen LogP contribution in [0.1, 0.15) is 51.9 Å². The predicted octanol–water partition coefficient (Wildman–Crippen LogP) is 1.40. The van der Waals surface area contributed by atoms with Crippen molar-refractivity contribution in [3.63, 3.8) is 0 Å². The van der Waals surface area contributed by atoms with Crippen LogP contribution in [0, 0.1) is 0 Å². The molecule has 1 aliphatic rings. The highest BCUT2D eigenvalue weighted by atomic mass is 16.2. The van der Waals surface area contributed by atoms with E-state index < -0.39 is 0 Å². The minimum atomic E-state index is -0.375. The summed E-state index contributed by atoms with van der Waals surface area (Å²) in [6, 6.07) is -0.375. The zero-order valence-corrected chi connectivity index (χ0v) is 12.2. The third kappa shape index (κ3) is 6.04. The Balaban J connectivity index is 2.00. The summed E-state index contributed by atoms with van der Waals surface area (Å²) in [5.41, 5.74) is 0. The largest absolute Gasteiger partial charge is 0.354 e. The van der Waals surface area contributed by atoms with Gasteiger partial charge >= 0.3 is 6.03 Å². The van der Waals surface area contributed by atoms with Gasteiger partial charge in [-0.1, -0.05) is 39.0 Å². The fraction of sp³-hybridized carbons (Fsp3) is 0.786. The molecule has 4 amide bonds. The van der Waals surface area contributed by atoms with Crippen LogP contribution in [0.3, 0.4) is 0 Å². The number of urea groups is 1. The van der Waals surface area contributed by atoms with Crippen molar-refractivity contribution in [2.75, 3.05) is 19.6 Å². The Morgan fingerprint density at radius 3 is 2.55 bits per heavy atom. The Labute approximate surface area is 120 Å². The molecule has 0 aliphatic carbocycles. The highest BCUT2D eigenvalue weighted by Gasteiger charge is 2.27. The van der Waals surface area contributed by atoms with Crippen LogP contribution in [0.15, 0.2) is 0 Å². The van der Waals surface area contributed by atoms with Gasteiger partial charge in [0, 0.05) is 19.5 Å². The first kappa shape index (κ1) is 16.5. The van der Waals surface area contributed by atoms with E-state index in [-0.39, 0.29) is 30.9 Å². The fourth-order valence-corrected chi connectivity index (χ4v) is 2.14. The summed E-state index contributed by atoms with van der Waals surface area (Å²) < 4.78 is 0. The molecule has 0 aromatic carbocycles. The van der Waals surface area contributed by atoms with Crippen LogP contribution in [-0.4, -0.2) is 42.4 Å². The maximum absolute atomic E-state index is 11.6. The maximum Gasteiger partial charge on any atom is 0.324 e. The van der Waals surface area contributed by atoms with Gasteiger partial charge in [-0.05, 0) is 6.42 Å². The SMILES string of the molecule is CCCCCCCCC(=O)NCCN1C(=O)CNC1=O. The summed E-state index contributed by atoms with van der Waals surface area (Å²) in [4.78, 5) is 35.2. The molecule has 20 heavy (non-hydrogen) atoms. The zero-order chi connectivity index (χ0) is 14.8. The normalized spacial score (nSPS) is 14.6. The number of carbonyl (C=O) groups excluding carboxylic acids is 3. The van der Waals surface area contributed by atoms with Gasteiger partial charge in [0.05, 0.1) is 6.54 Å². The van der Waals surface area contributed by atoms with E-state index >= 15 is 0 Å². The molecule has 6 heteroatoms. The lowest BCUT2D eigenvalue weighted by atomic mass is 10.1. The summed E-state index contributed by atoms with van der Waals surface area (Å²) in [5.74, 6) is -0.243. The van der Waals surface area contributed by atoms with E-state index in [0.717, 1.165) is 17.7 Å². The number of amides is 4. The van der Waals surface area contributed by atoms with Gasteiger partial charge in [-0.3, -0.25) is 14.5 Å². The Morgan fingerprint density at radius 1 is 1.20 bits per heavy atom. The standard InChI is InChI=1S/C14H25N3O3/c1-2-3-4-5-6-7-8-12(18)15-9-10-17-13(19)11-16-14(17)20/h2-11H2,1H3,(H,15,18)(H,16,20). The lowest BCUT2D eigenvalue weighted by Gasteiger charge is -2.12. The molecule has 0 aromatic heterocycles. The Morgan fingerprint density at radius 2 is 1.90 bits per heavy atom. The molecule has 0 unspecified atom stereocenters. The molecule has 1 rings (SSSR count). The molecule has 6 nitrogen and oxygen atoms in total. The smallest absolute Gasteiger partial charge is 0.324 e. The van der Waals surface area contributed by atoms with Gasteiger partial charge < -0.3 is 10.6 Å². The average molecular weight is 283 g/mol. The Kier molecular flexibility index (Phi) is 7.69. The van der Waals surface area contributed by atoms with E-state index in [4.69, 9.17) is 0 Å². The third-order valence-corrected chi connectivity index (χ3v) is 3.35. The molecule has 0 radical (unpaired) electrons. The van der Waals surface area contributed by atoms with Crippen LogP contribution < -0.4 is 10.6 Å². The minimum absolute atomic E-state index is 0.00690. The van der Waals surface area contributed by atoms with Crippen molar-refractivity contribution in [3.8, 4) is 0 Å². The van der Waals surface area contributed by atoms with E-state index in [2.05, 4.69) is 17.6 Å². The molecule has 0 aromatic rings. The average Bonchev–Trinajstić information content (AvgIpc) is 2.74. The van der Waals surface area contributed by atoms with E-state index in [9.17, 15) is 14.4 Å². The second-order valence-electron chi connectivity index (χ2n) is 5.07. The van der Waals surface area contributed by atoms with Gasteiger partial charge in [0.2, 0.25) is 11.8 Å². The summed E-state index contributed by atoms with van der Waals surface area (Å²) in [6.45, 7) is 2.81. The quantitative estimate of drug-likeness (QED) is 0.470. The number of hydrogen-bond donors (Lipinski definition) is 2. The van der Waals surface area contributed by atoms with E-state index in [1.807, 2.05) is 0 Å². The zero-order valence-electron chi connectivity index (χ0n) is 12.2. The molecule has 1 aliphatic heterocycles. The molecular formula is C14H25N3O3. The van der Waals surface area contributed by atoms with Gasteiger partial charge in [-0.25, -0.2) is 4.79 Å². The molecule has 2 N–H and O–H groups in total. The molecule has 1 fully saturated rings. The molecule has 1 heterocycles. The monoisotopic (exact) mass is 283 g/mol. The van der Waals surface area contributed by atoms with Crippen molar-refractivity contribution in [2.45, 2.75) is 51.9 Å². The van der Waals surface area contributed by atoms with E-state index in [1.165, 1.54) is 25.7 Å². The number of imide groups is 1. The van der Waals surface area contributed by atoms with Gasteiger partial charge in [0.1, 0.15) is 0 Å². The molecular weight excluding hydrogens is 258 g/mol. The number of nitrogens with zero attached hydrogens (tertiary/aromatic N) is 1. The highest BCUT2D eigenvalue weighted by molar-refractivity contribution is 6.01. The van der Waals surface area contributed by atoms with E-state index in [1.54, 1.807) is 0 Å². The number of nitrogens with one attached hydrogen (secondary N) is 2. The first-order valence-electron chi connectivity index (χ1n) is 7.50. The van der Waals surface area contributed by atoms with Crippen LogP contribution in [0.2, 0.25) is 0 Å². The molecule has 114 valence electrons. The molecule has 0 saturated carbocycles. The lowest BCUT2D eigenvalue weighted by molar-refractivity contribution is -0.126. The highest BCUT2D eigenvalue weighted by Crippen LogP contribution is 2.06. The van der Waals surface area contributed by atoms with Crippen molar-refractivity contribution in [3.05, 3.63) is 0 Å². The van der Waals surface area contributed by atoms with Gasteiger partial charge in [0.15, 0.2) is 0 Å². The van der Waals surface area contributed by atoms with E-state index in [0.29, 0.717) is 13.0 Å². The minimum Gasteiger partial charge on any atom is -0.354 e. The van der Waals surface area contributed by atoms with Crippen molar-refractivity contribution < 1.29 is 14.4 Å². The number of rotatable bonds is 10. The van der Waals surface area contributed by atoms with Crippen LogP contribution >= 0.6 is 0 Å². The second-order valence-corrected chi connectivity index (χ2v) is 5.07. The van der Waals surface area contributed by atoms with Gasteiger partial charge in [-0.15, -0.1) is 0 Å². The summed E-state index contributed by atoms with van der Waals surface area (Å²) in [6.07, 6.45) is 7.42. The topological polar surface area (TPSA) is 78.5 Å². The summed E-state index contributed by atoms with van der Waals surface area (Å²) in [5, 5.41) is 5.18. The summed E-state index contributed by atoms with van der Waals surface area (Å²) in [7, 11) is 0. The molecule has 1 saturated heterocycles. The lowest BCUT2D eigenvalue weighted by Crippen LogP contribution is -2.38. The van der Waals surface area contributed by atoms with Crippen molar-refractivity contribution in [1.29, 1.82) is 0 Å².